The molecule has 0 aromatic heterocycles. The van der Waals surface area contributed by atoms with Crippen molar-refractivity contribution in [3.8, 4) is 0 Å². The minimum Gasteiger partial charge on any atom is -0.260 e. The van der Waals surface area contributed by atoms with Crippen LogP contribution >= 0.6 is 0 Å². The first kappa shape index (κ1) is 17.3. The van der Waals surface area contributed by atoms with Gasteiger partial charge in [-0.25, -0.2) is 17.5 Å². The summed E-state index contributed by atoms with van der Waals surface area (Å²) >= 11 is 0. The molecule has 114 valence electrons. The van der Waals surface area contributed by atoms with Gasteiger partial charge in [-0.05, 0) is 43.5 Å². The van der Waals surface area contributed by atoms with E-state index in [0.29, 0.717) is 17.5 Å². The van der Waals surface area contributed by atoms with Gasteiger partial charge in [-0.15, -0.1) is 0 Å². The summed E-state index contributed by atoms with van der Waals surface area (Å²) in [4.78, 5) is 0.115. The van der Waals surface area contributed by atoms with Gasteiger partial charge in [0, 0.05) is 28.9 Å². The minimum atomic E-state index is -3.68. The molecule has 7 heteroatoms. The number of nitrogens with one attached hydrogen (secondary N) is 1. The molecule has 0 amide bonds. The summed E-state index contributed by atoms with van der Waals surface area (Å²) in [5, 5.41) is -0.0758. The van der Waals surface area contributed by atoms with Crippen LogP contribution < -0.4 is 4.72 Å². The van der Waals surface area contributed by atoms with Crippen molar-refractivity contribution in [2.45, 2.75) is 37.3 Å². The Labute approximate surface area is 122 Å². The molecular weight excluding hydrogens is 301 g/mol. The second-order valence-electron chi connectivity index (χ2n) is 4.86. The first-order valence-corrected chi connectivity index (χ1v) is 9.34. The summed E-state index contributed by atoms with van der Waals surface area (Å²) in [5.74, 6) is -0.450. The number of benzene rings is 1. The molecule has 0 fully saturated rings. The van der Waals surface area contributed by atoms with Crippen molar-refractivity contribution in [1.29, 1.82) is 0 Å². The Balaban J connectivity index is 2.88. The van der Waals surface area contributed by atoms with Crippen molar-refractivity contribution >= 4 is 20.8 Å². The lowest BCUT2D eigenvalue weighted by Gasteiger charge is -2.13. The van der Waals surface area contributed by atoms with Gasteiger partial charge in [0.15, 0.2) is 0 Å². The summed E-state index contributed by atoms with van der Waals surface area (Å²) in [6.45, 7) is 5.14. The molecule has 0 saturated heterocycles. The average Bonchev–Trinajstić information content (AvgIpc) is 2.26. The quantitative estimate of drug-likeness (QED) is 0.870. The van der Waals surface area contributed by atoms with E-state index in [-0.39, 0.29) is 16.7 Å². The van der Waals surface area contributed by atoms with E-state index in [1.807, 2.05) is 0 Å². The lowest BCUT2D eigenvalue weighted by atomic mass is 10.1. The van der Waals surface area contributed by atoms with Crippen LogP contribution in [0.5, 0.6) is 0 Å². The van der Waals surface area contributed by atoms with E-state index in [2.05, 4.69) is 4.72 Å². The molecule has 20 heavy (non-hydrogen) atoms. The minimum absolute atomic E-state index is 0.0758. The van der Waals surface area contributed by atoms with Crippen molar-refractivity contribution in [1.82, 2.24) is 4.72 Å². The number of aryl methyl sites for hydroxylation is 2. The highest BCUT2D eigenvalue weighted by Gasteiger charge is 2.20. The second kappa shape index (κ2) is 6.78. The van der Waals surface area contributed by atoms with Gasteiger partial charge in [0.25, 0.3) is 0 Å². The largest absolute Gasteiger partial charge is 0.260 e. The smallest absolute Gasteiger partial charge is 0.241 e. The third-order valence-corrected chi connectivity index (χ3v) is 6.24. The third kappa shape index (κ3) is 4.36. The fourth-order valence-electron chi connectivity index (χ4n) is 1.96. The van der Waals surface area contributed by atoms with Crippen LogP contribution in [0.3, 0.4) is 0 Å². The Bertz CT molecular complexity index is 591. The summed E-state index contributed by atoms with van der Waals surface area (Å²) in [5.41, 5.74) is 0.754. The van der Waals surface area contributed by atoms with Gasteiger partial charge in [-0.3, -0.25) is 4.21 Å². The molecule has 1 aromatic rings. The summed E-state index contributed by atoms with van der Waals surface area (Å²) in [6.07, 6.45) is 2.08. The predicted molar refractivity (Wildman–Crippen MR) is 79.2 cm³/mol. The SMILES string of the molecule is Cc1cc(F)cc(C)c1S(=O)(=O)NCCC(C)S(C)=O. The second-order valence-corrected chi connectivity index (χ2v) is 8.37. The molecule has 2 atom stereocenters. The van der Waals surface area contributed by atoms with Gasteiger partial charge in [0.2, 0.25) is 10.0 Å². The van der Waals surface area contributed by atoms with Gasteiger partial charge in [-0.2, -0.15) is 0 Å². The maximum absolute atomic E-state index is 13.2. The van der Waals surface area contributed by atoms with E-state index in [4.69, 9.17) is 0 Å². The molecule has 1 rings (SSSR count). The first-order valence-electron chi connectivity index (χ1n) is 6.24. The van der Waals surface area contributed by atoms with Crippen LogP contribution in [0, 0.1) is 19.7 Å². The maximum Gasteiger partial charge on any atom is 0.241 e. The number of halogens is 1. The molecule has 2 unspecified atom stereocenters. The van der Waals surface area contributed by atoms with E-state index in [0.717, 1.165) is 0 Å². The molecule has 0 heterocycles. The highest BCUT2D eigenvalue weighted by atomic mass is 32.2. The Morgan fingerprint density at radius 2 is 1.80 bits per heavy atom. The van der Waals surface area contributed by atoms with Crippen LogP contribution in [-0.2, 0) is 20.8 Å². The zero-order chi connectivity index (χ0) is 15.5. The normalized spacial score (nSPS) is 15.1. The molecule has 0 aliphatic heterocycles. The van der Waals surface area contributed by atoms with Crippen molar-refractivity contribution in [2.75, 3.05) is 12.8 Å². The van der Waals surface area contributed by atoms with Crippen LogP contribution in [0.1, 0.15) is 24.5 Å². The van der Waals surface area contributed by atoms with Crippen LogP contribution in [0.15, 0.2) is 17.0 Å². The number of rotatable bonds is 6. The highest BCUT2D eigenvalue weighted by Crippen LogP contribution is 2.21. The number of sulfonamides is 1. The topological polar surface area (TPSA) is 63.2 Å². The molecular formula is C13H20FNO3S2. The van der Waals surface area contributed by atoms with Gasteiger partial charge in [0.1, 0.15) is 5.82 Å². The Kier molecular flexibility index (Phi) is 5.85. The Morgan fingerprint density at radius 3 is 2.25 bits per heavy atom. The average molecular weight is 321 g/mol. The van der Waals surface area contributed by atoms with E-state index < -0.39 is 26.6 Å². The van der Waals surface area contributed by atoms with E-state index in [9.17, 15) is 17.0 Å². The van der Waals surface area contributed by atoms with Gasteiger partial charge < -0.3 is 0 Å². The van der Waals surface area contributed by atoms with Crippen molar-refractivity contribution < 1.29 is 17.0 Å². The predicted octanol–water partition coefficient (Wildman–Crippen LogP) is 1.88. The highest BCUT2D eigenvalue weighted by molar-refractivity contribution is 7.89. The standard InChI is InChI=1S/C13H20FNO3S2/c1-9-7-12(14)8-10(2)13(9)20(17,18)15-6-5-11(3)19(4)16/h7-8,11,15H,5-6H2,1-4H3. The summed E-state index contributed by atoms with van der Waals surface area (Å²) < 4.78 is 51.3. The van der Waals surface area contributed by atoms with Crippen LogP contribution in [0.4, 0.5) is 4.39 Å². The monoisotopic (exact) mass is 321 g/mol. The lowest BCUT2D eigenvalue weighted by molar-refractivity contribution is 0.575. The molecule has 0 saturated carbocycles. The summed E-state index contributed by atoms with van der Waals surface area (Å²) in [6, 6.07) is 2.40. The van der Waals surface area contributed by atoms with Crippen molar-refractivity contribution in [2.24, 2.45) is 0 Å². The molecule has 0 aliphatic carbocycles. The third-order valence-electron chi connectivity index (χ3n) is 3.10. The molecule has 1 aromatic carbocycles. The Morgan fingerprint density at radius 1 is 1.30 bits per heavy atom. The van der Waals surface area contributed by atoms with Crippen molar-refractivity contribution in [3.63, 3.8) is 0 Å². The summed E-state index contributed by atoms with van der Waals surface area (Å²) in [7, 11) is -4.65. The molecule has 4 nitrogen and oxygen atoms in total. The fraction of sp³-hybridized carbons (Fsp3) is 0.538. The molecule has 0 radical (unpaired) electrons. The molecule has 0 spiro atoms. The number of hydrogen-bond acceptors (Lipinski definition) is 3. The van der Waals surface area contributed by atoms with Gasteiger partial charge in [0.05, 0.1) is 4.90 Å². The zero-order valence-electron chi connectivity index (χ0n) is 12.1. The van der Waals surface area contributed by atoms with E-state index in [1.54, 1.807) is 27.0 Å². The van der Waals surface area contributed by atoms with Crippen LogP contribution in [-0.4, -0.2) is 30.7 Å². The lowest BCUT2D eigenvalue weighted by Crippen LogP contribution is -2.28. The van der Waals surface area contributed by atoms with Gasteiger partial charge in [-0.1, -0.05) is 6.92 Å². The molecule has 1 N–H and O–H groups in total. The van der Waals surface area contributed by atoms with E-state index >= 15 is 0 Å². The number of hydrogen-bond donors (Lipinski definition) is 1. The first-order chi connectivity index (χ1) is 9.15. The fourth-order valence-corrected chi connectivity index (χ4v) is 3.90. The maximum atomic E-state index is 13.2. The van der Waals surface area contributed by atoms with Crippen LogP contribution in [0.25, 0.3) is 0 Å². The van der Waals surface area contributed by atoms with Crippen molar-refractivity contribution in [3.05, 3.63) is 29.1 Å². The molecule has 0 bridgehead atoms. The Hall–Kier alpha value is -0.790. The molecule has 0 aliphatic rings. The van der Waals surface area contributed by atoms with E-state index in [1.165, 1.54) is 12.1 Å². The van der Waals surface area contributed by atoms with Gasteiger partial charge >= 0.3 is 0 Å². The zero-order valence-corrected chi connectivity index (χ0v) is 13.7. The van der Waals surface area contributed by atoms with Crippen LogP contribution in [0.2, 0.25) is 0 Å².